The van der Waals surface area contributed by atoms with Crippen LogP contribution in [0.15, 0.2) is 73.4 Å². The van der Waals surface area contributed by atoms with Crippen LogP contribution >= 0.6 is 0 Å². The van der Waals surface area contributed by atoms with Crippen molar-refractivity contribution < 1.29 is 0 Å². The van der Waals surface area contributed by atoms with Gasteiger partial charge in [-0.2, -0.15) is 10.2 Å². The Morgan fingerprint density at radius 2 is 1.64 bits per heavy atom. The molecule has 0 amide bonds. The quantitative estimate of drug-likeness (QED) is 0.482. The third-order valence-electron chi connectivity index (χ3n) is 4.92. The largest absolute Gasteiger partial charge is 0.275 e. The number of aryl methyl sites for hydroxylation is 2. The topological polar surface area (TPSA) is 61.4 Å². The van der Waals surface area contributed by atoms with Gasteiger partial charge in [0.2, 0.25) is 0 Å². The number of hydrogen-bond acceptors (Lipinski definition) is 4. The van der Waals surface area contributed by atoms with Gasteiger partial charge in [-0.15, -0.1) is 0 Å². The molecule has 0 atom stereocenters. The first kappa shape index (κ1) is 16.4. The molecule has 0 N–H and O–H groups in total. The van der Waals surface area contributed by atoms with E-state index < -0.39 is 0 Å². The first-order chi connectivity index (χ1) is 13.7. The molecular formula is C22H18N6. The van der Waals surface area contributed by atoms with Gasteiger partial charge in [-0.25, -0.2) is 9.97 Å². The van der Waals surface area contributed by atoms with Crippen LogP contribution in [0.1, 0.15) is 0 Å². The molecular weight excluding hydrogens is 348 g/mol. The average Bonchev–Trinajstić information content (AvgIpc) is 3.33. The summed E-state index contributed by atoms with van der Waals surface area (Å²) in [5.74, 6) is 0. The summed E-state index contributed by atoms with van der Waals surface area (Å²) < 4.78 is 3.69. The van der Waals surface area contributed by atoms with Gasteiger partial charge in [0, 0.05) is 42.4 Å². The van der Waals surface area contributed by atoms with Gasteiger partial charge in [0.05, 0.1) is 29.3 Å². The van der Waals surface area contributed by atoms with Crippen LogP contribution in [-0.2, 0) is 14.1 Å². The minimum atomic E-state index is 0.884. The highest BCUT2D eigenvalue weighted by Crippen LogP contribution is 2.34. The van der Waals surface area contributed by atoms with Crippen molar-refractivity contribution in [1.82, 2.24) is 29.5 Å². The summed E-state index contributed by atoms with van der Waals surface area (Å²) in [6.07, 6.45) is 7.35. The maximum Gasteiger partial charge on any atom is 0.116 e. The van der Waals surface area contributed by atoms with E-state index in [0.29, 0.717) is 0 Å². The van der Waals surface area contributed by atoms with Crippen LogP contribution in [0.4, 0.5) is 0 Å². The summed E-state index contributed by atoms with van der Waals surface area (Å²) >= 11 is 0. The lowest BCUT2D eigenvalue weighted by Gasteiger charge is -2.09. The Morgan fingerprint density at radius 3 is 2.43 bits per heavy atom. The number of fused-ring (bicyclic) bond motifs is 1. The third-order valence-corrected chi connectivity index (χ3v) is 4.92. The van der Waals surface area contributed by atoms with Crippen LogP contribution in [0.25, 0.3) is 44.5 Å². The smallest absolute Gasteiger partial charge is 0.116 e. The molecule has 0 aliphatic carbocycles. The summed E-state index contributed by atoms with van der Waals surface area (Å²) in [7, 11) is 3.87. The van der Waals surface area contributed by atoms with Crippen molar-refractivity contribution in [3.05, 3.63) is 73.4 Å². The van der Waals surface area contributed by atoms with E-state index in [-0.39, 0.29) is 0 Å². The molecule has 0 radical (unpaired) electrons. The monoisotopic (exact) mass is 366 g/mol. The number of benzene rings is 2. The average molecular weight is 366 g/mol. The lowest BCUT2D eigenvalue weighted by molar-refractivity contribution is 0.768. The summed E-state index contributed by atoms with van der Waals surface area (Å²) in [5.41, 5.74) is 7.07. The molecule has 0 saturated heterocycles. The zero-order chi connectivity index (χ0) is 19.1. The molecule has 0 bridgehead atoms. The molecule has 0 aliphatic rings. The van der Waals surface area contributed by atoms with Gasteiger partial charge in [-0.3, -0.25) is 9.36 Å². The maximum absolute atomic E-state index is 4.60. The normalized spacial score (nSPS) is 11.2. The highest BCUT2D eigenvalue weighted by Gasteiger charge is 2.17. The molecule has 136 valence electrons. The number of rotatable bonds is 3. The van der Waals surface area contributed by atoms with E-state index >= 15 is 0 Å². The molecule has 0 aliphatic heterocycles. The van der Waals surface area contributed by atoms with Gasteiger partial charge in [0.15, 0.2) is 0 Å². The molecule has 6 nitrogen and oxygen atoms in total. The number of aromatic nitrogens is 6. The number of nitrogens with zero attached hydrogens (tertiary/aromatic N) is 6. The highest BCUT2D eigenvalue weighted by molar-refractivity contribution is 5.97. The van der Waals surface area contributed by atoms with Crippen molar-refractivity contribution in [2.24, 2.45) is 14.1 Å². The second-order valence-corrected chi connectivity index (χ2v) is 6.75. The third kappa shape index (κ3) is 2.66. The summed E-state index contributed by atoms with van der Waals surface area (Å²) in [6.45, 7) is 0. The fourth-order valence-corrected chi connectivity index (χ4v) is 3.57. The van der Waals surface area contributed by atoms with Crippen molar-refractivity contribution in [2.45, 2.75) is 0 Å². The molecule has 3 aromatic heterocycles. The van der Waals surface area contributed by atoms with E-state index in [2.05, 4.69) is 50.5 Å². The SMILES string of the molecule is Cn1cc(-c2ccc3c(-c4cnn(C)c4-c4ccccc4)ncnc3c2)cn1. The Kier molecular flexibility index (Phi) is 3.76. The van der Waals surface area contributed by atoms with Crippen molar-refractivity contribution in [3.8, 4) is 33.6 Å². The molecule has 0 unspecified atom stereocenters. The Morgan fingerprint density at radius 1 is 0.786 bits per heavy atom. The van der Waals surface area contributed by atoms with Gasteiger partial charge in [0.25, 0.3) is 0 Å². The summed E-state index contributed by atoms with van der Waals surface area (Å²) in [4.78, 5) is 9.11. The van der Waals surface area contributed by atoms with Gasteiger partial charge < -0.3 is 0 Å². The standard InChI is InChI=1S/C22H18N6/c1-27-13-17(11-25-27)16-8-9-18-20(10-16)23-14-24-21(18)19-12-26-28(2)22(19)15-6-4-3-5-7-15/h3-14H,1-2H3. The maximum atomic E-state index is 4.60. The van der Waals surface area contributed by atoms with E-state index in [1.165, 1.54) is 0 Å². The Bertz CT molecular complexity index is 1280. The van der Waals surface area contributed by atoms with E-state index in [4.69, 9.17) is 0 Å². The minimum Gasteiger partial charge on any atom is -0.275 e. The molecule has 5 aromatic rings. The first-order valence-corrected chi connectivity index (χ1v) is 9.02. The predicted molar refractivity (Wildman–Crippen MR) is 109 cm³/mol. The zero-order valence-electron chi connectivity index (χ0n) is 15.6. The molecule has 2 aromatic carbocycles. The molecule has 0 saturated carbocycles. The summed E-state index contributed by atoms with van der Waals surface area (Å²) in [5, 5.41) is 9.75. The van der Waals surface area contributed by atoms with Crippen LogP contribution in [-0.4, -0.2) is 29.5 Å². The van der Waals surface area contributed by atoms with E-state index in [1.807, 2.05) is 55.6 Å². The van der Waals surface area contributed by atoms with Crippen LogP contribution in [0, 0.1) is 0 Å². The van der Waals surface area contributed by atoms with Gasteiger partial charge in [-0.05, 0) is 17.7 Å². The highest BCUT2D eigenvalue weighted by atomic mass is 15.3. The van der Waals surface area contributed by atoms with Gasteiger partial charge in [-0.1, -0.05) is 36.4 Å². The molecule has 28 heavy (non-hydrogen) atoms. The molecule has 0 fully saturated rings. The van der Waals surface area contributed by atoms with E-state index in [1.54, 1.807) is 11.0 Å². The second-order valence-electron chi connectivity index (χ2n) is 6.75. The lowest BCUT2D eigenvalue weighted by Crippen LogP contribution is -1.95. The Hall–Kier alpha value is -3.80. The van der Waals surface area contributed by atoms with E-state index in [9.17, 15) is 0 Å². The number of hydrogen-bond donors (Lipinski definition) is 0. The van der Waals surface area contributed by atoms with E-state index in [0.717, 1.165) is 44.5 Å². The fraction of sp³-hybridized carbons (Fsp3) is 0.0909. The van der Waals surface area contributed by atoms with Crippen molar-refractivity contribution in [2.75, 3.05) is 0 Å². The summed E-state index contributed by atoms with van der Waals surface area (Å²) in [6, 6.07) is 16.5. The predicted octanol–water partition coefficient (Wildman–Crippen LogP) is 4.10. The molecule has 0 spiro atoms. The second kappa shape index (κ2) is 6.42. The Labute approximate surface area is 162 Å². The molecule has 5 rings (SSSR count). The van der Waals surface area contributed by atoms with Gasteiger partial charge >= 0.3 is 0 Å². The van der Waals surface area contributed by atoms with Gasteiger partial charge in [0.1, 0.15) is 6.33 Å². The van der Waals surface area contributed by atoms with Crippen LogP contribution in [0.5, 0.6) is 0 Å². The van der Waals surface area contributed by atoms with Crippen LogP contribution in [0.3, 0.4) is 0 Å². The lowest BCUT2D eigenvalue weighted by atomic mass is 10.0. The Balaban J connectivity index is 1.69. The fourth-order valence-electron chi connectivity index (χ4n) is 3.57. The van der Waals surface area contributed by atoms with Crippen molar-refractivity contribution in [1.29, 1.82) is 0 Å². The first-order valence-electron chi connectivity index (χ1n) is 9.02. The van der Waals surface area contributed by atoms with Crippen molar-refractivity contribution in [3.63, 3.8) is 0 Å². The van der Waals surface area contributed by atoms with Crippen LogP contribution in [0.2, 0.25) is 0 Å². The molecule has 3 heterocycles. The molecule has 6 heteroatoms. The minimum absolute atomic E-state index is 0.884. The van der Waals surface area contributed by atoms with Crippen LogP contribution < -0.4 is 0 Å². The zero-order valence-corrected chi connectivity index (χ0v) is 15.6. The van der Waals surface area contributed by atoms with Crippen molar-refractivity contribution >= 4 is 10.9 Å².